The van der Waals surface area contributed by atoms with E-state index in [2.05, 4.69) is 0 Å². The fourth-order valence-electron chi connectivity index (χ4n) is 2.21. The molecule has 4 nitrogen and oxygen atoms in total. The van der Waals surface area contributed by atoms with E-state index >= 15 is 0 Å². The minimum absolute atomic E-state index is 0.182. The zero-order valence-electron chi connectivity index (χ0n) is 10.6. The van der Waals surface area contributed by atoms with E-state index in [0.717, 1.165) is 12.8 Å². The minimum atomic E-state index is -1.33. The van der Waals surface area contributed by atoms with Gasteiger partial charge in [0.25, 0.3) is 0 Å². The zero-order chi connectivity index (χ0) is 14.7. The van der Waals surface area contributed by atoms with Gasteiger partial charge in [-0.25, -0.2) is 0 Å². The van der Waals surface area contributed by atoms with E-state index in [1.807, 2.05) is 0 Å². The van der Waals surface area contributed by atoms with Crippen molar-refractivity contribution in [3.63, 3.8) is 0 Å². The number of benzene rings is 1. The molecule has 1 aromatic rings. The summed E-state index contributed by atoms with van der Waals surface area (Å²) in [5.41, 5.74) is 0.182. The van der Waals surface area contributed by atoms with E-state index in [-0.39, 0.29) is 5.56 Å². The lowest BCUT2D eigenvalue weighted by molar-refractivity contribution is -0.131. The molecule has 0 bridgehead atoms. The number of nitriles is 1. The number of amides is 1. The van der Waals surface area contributed by atoms with Crippen molar-refractivity contribution in [2.24, 2.45) is 5.92 Å². The van der Waals surface area contributed by atoms with Crippen molar-refractivity contribution in [3.05, 3.63) is 33.8 Å². The molecule has 1 aliphatic heterocycles. The van der Waals surface area contributed by atoms with Gasteiger partial charge in [-0.3, -0.25) is 9.59 Å². The second-order valence-corrected chi connectivity index (χ2v) is 5.49. The molecule has 1 amide bonds. The van der Waals surface area contributed by atoms with Crippen molar-refractivity contribution >= 4 is 34.9 Å². The Labute approximate surface area is 126 Å². The van der Waals surface area contributed by atoms with Crippen molar-refractivity contribution in [2.45, 2.75) is 12.8 Å². The van der Waals surface area contributed by atoms with Crippen molar-refractivity contribution < 1.29 is 9.59 Å². The number of Topliss-reactive ketones (excluding diaryl/α,β-unsaturated/α-hetero) is 1. The van der Waals surface area contributed by atoms with Gasteiger partial charge in [-0.2, -0.15) is 5.26 Å². The fraction of sp³-hybridized carbons (Fsp3) is 0.357. The summed E-state index contributed by atoms with van der Waals surface area (Å²) in [5.74, 6) is -2.33. The van der Waals surface area contributed by atoms with Gasteiger partial charge >= 0.3 is 0 Å². The smallest absolute Gasteiger partial charge is 0.247 e. The number of hydrogen-bond acceptors (Lipinski definition) is 3. The number of hydrogen-bond donors (Lipinski definition) is 0. The van der Waals surface area contributed by atoms with Gasteiger partial charge in [0.1, 0.15) is 0 Å². The molecule has 1 aliphatic rings. The SMILES string of the molecule is N#C[C@@H](C(=O)c1cc(Cl)cc(Cl)c1)C(=O)N1CCCC1. The van der Waals surface area contributed by atoms with Crippen LogP contribution in [0.15, 0.2) is 18.2 Å². The third-order valence-corrected chi connectivity index (χ3v) is 3.64. The molecule has 0 N–H and O–H groups in total. The van der Waals surface area contributed by atoms with Gasteiger partial charge in [0.15, 0.2) is 11.7 Å². The number of carbonyl (C=O) groups excluding carboxylic acids is 2. The number of ketones is 1. The zero-order valence-corrected chi connectivity index (χ0v) is 12.1. The van der Waals surface area contributed by atoms with Crippen LogP contribution in [-0.4, -0.2) is 29.7 Å². The van der Waals surface area contributed by atoms with Crippen LogP contribution in [-0.2, 0) is 4.79 Å². The number of halogens is 2. The van der Waals surface area contributed by atoms with Gasteiger partial charge in [0.2, 0.25) is 5.91 Å². The van der Waals surface area contributed by atoms with Crippen LogP contribution < -0.4 is 0 Å². The van der Waals surface area contributed by atoms with Gasteiger partial charge in [-0.15, -0.1) is 0 Å². The Morgan fingerprint density at radius 2 is 1.70 bits per heavy atom. The Balaban J connectivity index is 2.24. The summed E-state index contributed by atoms with van der Waals surface area (Å²) in [4.78, 5) is 26.0. The molecule has 1 atom stereocenters. The van der Waals surface area contributed by atoms with E-state index in [9.17, 15) is 9.59 Å². The molecule has 0 saturated carbocycles. The number of likely N-dealkylation sites (tertiary alicyclic amines) is 1. The Bertz CT molecular complexity index is 569. The normalized spacial score (nSPS) is 15.8. The van der Waals surface area contributed by atoms with Gasteiger partial charge < -0.3 is 4.90 Å². The van der Waals surface area contributed by atoms with Crippen LogP contribution in [0.4, 0.5) is 0 Å². The average Bonchev–Trinajstić information content (AvgIpc) is 2.92. The summed E-state index contributed by atoms with van der Waals surface area (Å²) < 4.78 is 0. The lowest BCUT2D eigenvalue weighted by Gasteiger charge is -2.18. The topological polar surface area (TPSA) is 61.2 Å². The highest BCUT2D eigenvalue weighted by Crippen LogP contribution is 2.22. The van der Waals surface area contributed by atoms with Gasteiger partial charge in [0.05, 0.1) is 6.07 Å². The molecule has 1 aromatic carbocycles. The Morgan fingerprint density at radius 3 is 2.20 bits per heavy atom. The van der Waals surface area contributed by atoms with Crippen LogP contribution in [0, 0.1) is 17.2 Å². The molecule has 104 valence electrons. The summed E-state index contributed by atoms with van der Waals surface area (Å²) >= 11 is 11.7. The van der Waals surface area contributed by atoms with Crippen LogP contribution in [0.25, 0.3) is 0 Å². The first-order valence-corrected chi connectivity index (χ1v) is 6.97. The largest absolute Gasteiger partial charge is 0.341 e. The average molecular weight is 311 g/mol. The van der Waals surface area contributed by atoms with Crippen LogP contribution in [0.5, 0.6) is 0 Å². The Morgan fingerprint density at radius 1 is 1.15 bits per heavy atom. The predicted octanol–water partition coefficient (Wildman–Crippen LogP) is 2.94. The molecule has 6 heteroatoms. The summed E-state index contributed by atoms with van der Waals surface area (Å²) in [6.45, 7) is 1.20. The van der Waals surface area contributed by atoms with Crippen molar-refractivity contribution in [1.29, 1.82) is 5.26 Å². The lowest BCUT2D eigenvalue weighted by Crippen LogP contribution is -2.37. The van der Waals surface area contributed by atoms with E-state index in [1.165, 1.54) is 18.2 Å². The lowest BCUT2D eigenvalue weighted by atomic mass is 9.97. The van der Waals surface area contributed by atoms with Crippen LogP contribution in [0.2, 0.25) is 10.0 Å². The number of carbonyl (C=O) groups is 2. The molecule has 0 aromatic heterocycles. The molecule has 1 fully saturated rings. The molecular formula is C14H12Cl2N2O2. The summed E-state index contributed by atoms with van der Waals surface area (Å²) in [6.07, 6.45) is 1.81. The maximum Gasteiger partial charge on any atom is 0.247 e. The summed E-state index contributed by atoms with van der Waals surface area (Å²) in [7, 11) is 0. The molecule has 1 heterocycles. The van der Waals surface area contributed by atoms with Crippen molar-refractivity contribution in [1.82, 2.24) is 4.90 Å². The second-order valence-electron chi connectivity index (χ2n) is 4.62. The van der Waals surface area contributed by atoms with Crippen molar-refractivity contribution in [2.75, 3.05) is 13.1 Å². The monoisotopic (exact) mass is 310 g/mol. The standard InChI is InChI=1S/C14H12Cl2N2O2/c15-10-5-9(6-11(16)7-10)13(19)12(8-17)14(20)18-3-1-2-4-18/h5-7,12H,1-4H2/t12-/m0/s1. The highest BCUT2D eigenvalue weighted by atomic mass is 35.5. The molecular weight excluding hydrogens is 299 g/mol. The van der Waals surface area contributed by atoms with Crippen LogP contribution >= 0.6 is 23.2 Å². The predicted molar refractivity (Wildman–Crippen MR) is 75.7 cm³/mol. The molecule has 0 radical (unpaired) electrons. The molecule has 1 saturated heterocycles. The molecule has 2 rings (SSSR count). The molecule has 0 spiro atoms. The molecule has 0 aliphatic carbocycles. The quantitative estimate of drug-likeness (QED) is 0.637. The molecule has 0 unspecified atom stereocenters. The highest BCUT2D eigenvalue weighted by molar-refractivity contribution is 6.35. The van der Waals surface area contributed by atoms with Gasteiger partial charge in [0, 0.05) is 28.7 Å². The van der Waals surface area contributed by atoms with Crippen molar-refractivity contribution in [3.8, 4) is 6.07 Å². The first kappa shape index (κ1) is 14.8. The van der Waals surface area contributed by atoms with E-state index < -0.39 is 17.6 Å². The van der Waals surface area contributed by atoms with E-state index in [0.29, 0.717) is 23.1 Å². The fourth-order valence-corrected chi connectivity index (χ4v) is 2.73. The Hall–Kier alpha value is -1.57. The third kappa shape index (κ3) is 3.12. The summed E-state index contributed by atoms with van der Waals surface area (Å²) in [6, 6.07) is 6.11. The minimum Gasteiger partial charge on any atom is -0.341 e. The van der Waals surface area contributed by atoms with E-state index in [4.69, 9.17) is 28.5 Å². The molecule has 20 heavy (non-hydrogen) atoms. The number of rotatable bonds is 3. The third-order valence-electron chi connectivity index (χ3n) is 3.20. The van der Waals surface area contributed by atoms with E-state index in [1.54, 1.807) is 11.0 Å². The first-order valence-electron chi connectivity index (χ1n) is 6.21. The van der Waals surface area contributed by atoms with Gasteiger partial charge in [-0.05, 0) is 31.0 Å². The van der Waals surface area contributed by atoms with Gasteiger partial charge in [-0.1, -0.05) is 23.2 Å². The Kier molecular flexibility index (Phi) is 4.64. The van der Waals surface area contributed by atoms with Crippen LogP contribution in [0.3, 0.4) is 0 Å². The summed E-state index contributed by atoms with van der Waals surface area (Å²) in [5, 5.41) is 9.74. The number of nitrogens with zero attached hydrogens (tertiary/aromatic N) is 2. The second kappa shape index (κ2) is 6.25. The maximum atomic E-state index is 12.3. The first-order chi connectivity index (χ1) is 9.52. The highest BCUT2D eigenvalue weighted by Gasteiger charge is 2.32. The maximum absolute atomic E-state index is 12.3. The van der Waals surface area contributed by atoms with Crippen LogP contribution in [0.1, 0.15) is 23.2 Å².